The third kappa shape index (κ3) is 4.67. The number of para-hydroxylation sites is 1. The van der Waals surface area contributed by atoms with E-state index in [1.165, 1.54) is 12.1 Å². The molecule has 3 aromatic rings. The van der Waals surface area contributed by atoms with Crippen LogP contribution in [0.2, 0.25) is 5.02 Å². The highest BCUT2D eigenvalue weighted by atomic mass is 35.5. The Kier molecular flexibility index (Phi) is 6.13. The van der Waals surface area contributed by atoms with Crippen LogP contribution in [0.15, 0.2) is 65.5 Å². The van der Waals surface area contributed by atoms with Gasteiger partial charge in [-0.3, -0.25) is 14.4 Å². The summed E-state index contributed by atoms with van der Waals surface area (Å²) < 4.78 is 1.16. The topological polar surface area (TPSA) is 84.3 Å². The highest BCUT2D eigenvalue weighted by Gasteiger charge is 2.26. The van der Waals surface area contributed by atoms with Gasteiger partial charge in [-0.15, -0.1) is 0 Å². The van der Waals surface area contributed by atoms with Gasteiger partial charge in [-0.2, -0.15) is 5.10 Å². The van der Waals surface area contributed by atoms with E-state index in [1.54, 1.807) is 11.0 Å². The Balaban J connectivity index is 1.40. The van der Waals surface area contributed by atoms with Crippen molar-refractivity contribution in [3.63, 3.8) is 0 Å². The smallest absolute Gasteiger partial charge is 0.278 e. The van der Waals surface area contributed by atoms with E-state index in [-0.39, 0.29) is 36.0 Å². The molecule has 2 heterocycles. The summed E-state index contributed by atoms with van der Waals surface area (Å²) in [7, 11) is 0. The Morgan fingerprint density at radius 3 is 2.65 bits per heavy atom. The van der Waals surface area contributed by atoms with Crippen molar-refractivity contribution in [1.82, 2.24) is 15.1 Å². The zero-order valence-electron chi connectivity index (χ0n) is 16.8. The fourth-order valence-corrected chi connectivity index (χ4v) is 3.74. The van der Waals surface area contributed by atoms with E-state index in [2.05, 4.69) is 10.4 Å². The van der Waals surface area contributed by atoms with E-state index in [4.69, 9.17) is 11.6 Å². The molecule has 158 valence electrons. The second kappa shape index (κ2) is 9.14. The Labute approximate surface area is 184 Å². The van der Waals surface area contributed by atoms with Crippen LogP contribution >= 0.6 is 11.6 Å². The van der Waals surface area contributed by atoms with Gasteiger partial charge in [-0.25, -0.2) is 4.68 Å². The van der Waals surface area contributed by atoms with Gasteiger partial charge in [0.2, 0.25) is 5.91 Å². The second-order valence-corrected chi connectivity index (χ2v) is 7.64. The number of nitrogens with one attached hydrogen (secondary N) is 1. The monoisotopic (exact) mass is 436 g/mol. The lowest BCUT2D eigenvalue weighted by Crippen LogP contribution is -2.33. The van der Waals surface area contributed by atoms with Gasteiger partial charge in [-0.05, 0) is 35.7 Å². The predicted molar refractivity (Wildman–Crippen MR) is 118 cm³/mol. The molecule has 0 spiro atoms. The van der Waals surface area contributed by atoms with Gasteiger partial charge in [0, 0.05) is 36.3 Å². The maximum Gasteiger partial charge on any atom is 0.278 e. The number of halogens is 1. The summed E-state index contributed by atoms with van der Waals surface area (Å²) in [4.78, 5) is 39.0. The number of carbonyl (C=O) groups excluding carboxylic acids is 2. The fraction of sp³-hybridized carbons (Fsp3) is 0.217. The van der Waals surface area contributed by atoms with Crippen molar-refractivity contribution in [3.05, 3.63) is 92.9 Å². The molecule has 0 fully saturated rings. The summed E-state index contributed by atoms with van der Waals surface area (Å²) in [6.07, 6.45) is 0.842. The third-order valence-electron chi connectivity index (χ3n) is 5.20. The first-order valence-corrected chi connectivity index (χ1v) is 10.4. The summed E-state index contributed by atoms with van der Waals surface area (Å²) in [5.74, 6) is -0.499. The molecule has 0 saturated carbocycles. The number of hydrogen-bond acceptors (Lipinski definition) is 4. The minimum atomic E-state index is -0.364. The largest absolute Gasteiger partial charge is 0.352 e. The zero-order chi connectivity index (χ0) is 21.8. The third-order valence-corrected chi connectivity index (χ3v) is 5.57. The van der Waals surface area contributed by atoms with E-state index >= 15 is 0 Å². The van der Waals surface area contributed by atoms with Crippen LogP contribution in [-0.2, 0) is 24.3 Å². The zero-order valence-corrected chi connectivity index (χ0v) is 17.5. The van der Waals surface area contributed by atoms with E-state index in [0.29, 0.717) is 18.1 Å². The lowest BCUT2D eigenvalue weighted by molar-refractivity contribution is -0.121. The van der Waals surface area contributed by atoms with Crippen LogP contribution in [-0.4, -0.2) is 28.1 Å². The Morgan fingerprint density at radius 1 is 1.03 bits per heavy atom. The van der Waals surface area contributed by atoms with Gasteiger partial charge in [-0.1, -0.05) is 48.0 Å². The molecule has 8 heteroatoms. The van der Waals surface area contributed by atoms with Crippen LogP contribution in [0.3, 0.4) is 0 Å². The SMILES string of the molecule is O=C(CCn1nc(C(=O)N2CCc3ccccc32)ccc1=O)NCc1ccccc1Cl. The van der Waals surface area contributed by atoms with Crippen molar-refractivity contribution in [1.29, 1.82) is 0 Å². The number of benzene rings is 2. The summed E-state index contributed by atoms with van der Waals surface area (Å²) in [5, 5.41) is 7.57. The first-order chi connectivity index (χ1) is 15.0. The number of aryl methyl sites for hydroxylation is 1. The van der Waals surface area contributed by atoms with Crippen molar-refractivity contribution in [2.45, 2.75) is 25.9 Å². The molecule has 2 amide bonds. The summed E-state index contributed by atoms with van der Waals surface area (Å²) in [5.41, 5.74) is 2.60. The van der Waals surface area contributed by atoms with Gasteiger partial charge in [0.15, 0.2) is 0 Å². The van der Waals surface area contributed by atoms with Crippen LogP contribution in [0.5, 0.6) is 0 Å². The summed E-state index contributed by atoms with van der Waals surface area (Å²) >= 11 is 6.09. The number of hydrogen-bond donors (Lipinski definition) is 1. The van der Waals surface area contributed by atoms with Gasteiger partial charge in [0.25, 0.3) is 11.5 Å². The van der Waals surface area contributed by atoms with Crippen LogP contribution < -0.4 is 15.8 Å². The Morgan fingerprint density at radius 2 is 1.81 bits per heavy atom. The molecular formula is C23H21ClN4O3. The minimum Gasteiger partial charge on any atom is -0.352 e. The average Bonchev–Trinajstić information content (AvgIpc) is 3.21. The van der Waals surface area contributed by atoms with Gasteiger partial charge in [0.1, 0.15) is 5.69 Å². The molecule has 0 saturated heterocycles. The molecule has 1 N–H and O–H groups in total. The van der Waals surface area contributed by atoms with Crippen molar-refractivity contribution in [2.24, 2.45) is 0 Å². The van der Waals surface area contributed by atoms with Gasteiger partial charge in [0.05, 0.1) is 6.54 Å². The molecule has 31 heavy (non-hydrogen) atoms. The maximum atomic E-state index is 13.0. The average molecular weight is 437 g/mol. The minimum absolute atomic E-state index is 0.0571. The molecule has 1 aliphatic rings. The van der Waals surface area contributed by atoms with Gasteiger partial charge < -0.3 is 10.2 Å². The molecule has 1 aliphatic heterocycles. The standard InChI is InChI=1S/C23H21ClN4O3/c24-18-7-3-1-6-17(18)15-25-21(29)12-14-28-22(30)10-9-19(26-28)23(31)27-13-11-16-5-2-4-8-20(16)27/h1-10H,11-15H2,(H,25,29). The molecule has 0 atom stereocenters. The van der Waals surface area contributed by atoms with Crippen molar-refractivity contribution in [2.75, 3.05) is 11.4 Å². The first kappa shape index (κ1) is 20.8. The van der Waals surface area contributed by atoms with Crippen molar-refractivity contribution in [3.8, 4) is 0 Å². The number of rotatable bonds is 6. The Bertz CT molecular complexity index is 1190. The molecule has 0 unspecified atom stereocenters. The quantitative estimate of drug-likeness (QED) is 0.644. The molecule has 0 aliphatic carbocycles. The number of aromatic nitrogens is 2. The van der Waals surface area contributed by atoms with Crippen LogP contribution in [0.1, 0.15) is 28.0 Å². The molecule has 0 radical (unpaired) electrons. The Hall–Kier alpha value is -3.45. The van der Waals surface area contributed by atoms with Crippen LogP contribution in [0.4, 0.5) is 5.69 Å². The second-order valence-electron chi connectivity index (χ2n) is 7.23. The molecule has 2 aromatic carbocycles. The van der Waals surface area contributed by atoms with Crippen molar-refractivity contribution < 1.29 is 9.59 Å². The van der Waals surface area contributed by atoms with Crippen LogP contribution in [0, 0.1) is 0 Å². The maximum absolute atomic E-state index is 13.0. The molecule has 7 nitrogen and oxygen atoms in total. The molecule has 1 aromatic heterocycles. The highest BCUT2D eigenvalue weighted by molar-refractivity contribution is 6.31. The number of carbonyl (C=O) groups is 2. The number of anilines is 1. The summed E-state index contributed by atoms with van der Waals surface area (Å²) in [6, 6.07) is 17.7. The lowest BCUT2D eigenvalue weighted by atomic mass is 10.2. The fourth-order valence-electron chi connectivity index (χ4n) is 3.54. The first-order valence-electron chi connectivity index (χ1n) is 10.0. The molecule has 4 rings (SSSR count). The molecular weight excluding hydrogens is 416 g/mol. The highest BCUT2D eigenvalue weighted by Crippen LogP contribution is 2.28. The predicted octanol–water partition coefficient (Wildman–Crippen LogP) is 2.81. The number of amides is 2. The van der Waals surface area contributed by atoms with E-state index in [9.17, 15) is 14.4 Å². The van der Waals surface area contributed by atoms with E-state index in [1.807, 2.05) is 42.5 Å². The van der Waals surface area contributed by atoms with Crippen molar-refractivity contribution >= 4 is 29.1 Å². The lowest BCUT2D eigenvalue weighted by Gasteiger charge is -2.17. The normalized spacial score (nSPS) is 12.5. The van der Waals surface area contributed by atoms with Crippen LogP contribution in [0.25, 0.3) is 0 Å². The number of fused-ring (bicyclic) bond motifs is 1. The molecule has 0 bridgehead atoms. The van der Waals surface area contributed by atoms with E-state index in [0.717, 1.165) is 27.9 Å². The number of nitrogens with zero attached hydrogens (tertiary/aromatic N) is 3. The van der Waals surface area contributed by atoms with E-state index < -0.39 is 0 Å². The summed E-state index contributed by atoms with van der Waals surface area (Å²) in [6.45, 7) is 0.946. The van der Waals surface area contributed by atoms with Gasteiger partial charge >= 0.3 is 0 Å².